The van der Waals surface area contributed by atoms with Gasteiger partial charge in [-0.15, -0.1) is 5.10 Å². The number of unbranched alkanes of at least 4 members (excludes halogenated alkanes) is 1. The minimum atomic E-state index is -0.444. The van der Waals surface area contributed by atoms with Gasteiger partial charge in [0.05, 0.1) is 5.69 Å². The summed E-state index contributed by atoms with van der Waals surface area (Å²) in [6.07, 6.45) is 3.62. The predicted molar refractivity (Wildman–Crippen MR) is 60.1 cm³/mol. The first kappa shape index (κ1) is 12.4. The largest absolute Gasteiger partial charge is 0.457 e. The Hall–Kier alpha value is -1.65. The molecule has 0 bridgehead atoms. The Balaban J connectivity index is 2.70. The van der Waals surface area contributed by atoms with E-state index in [1.54, 1.807) is 4.68 Å². The van der Waals surface area contributed by atoms with Crippen molar-refractivity contribution in [2.24, 2.45) is 0 Å². The standard InChI is InChI=1S/C11H17N3O2/c1-4-6-7-14-9(3)10(12-13-14)11(15)16-8-5-2/h5H,2,4,6-8H2,1,3H3. The molecule has 0 saturated heterocycles. The number of aryl methyl sites for hydroxylation is 1. The predicted octanol–water partition coefficient (Wildman–Crippen LogP) is 1.73. The van der Waals surface area contributed by atoms with Gasteiger partial charge in [0.1, 0.15) is 6.61 Å². The van der Waals surface area contributed by atoms with Gasteiger partial charge in [-0.05, 0) is 13.3 Å². The molecule has 16 heavy (non-hydrogen) atoms. The Morgan fingerprint density at radius 2 is 2.38 bits per heavy atom. The van der Waals surface area contributed by atoms with Gasteiger partial charge in [-0.2, -0.15) is 0 Å². The molecule has 88 valence electrons. The van der Waals surface area contributed by atoms with E-state index in [1.165, 1.54) is 6.08 Å². The number of hydrogen-bond acceptors (Lipinski definition) is 4. The summed E-state index contributed by atoms with van der Waals surface area (Å²) in [6.45, 7) is 8.37. The summed E-state index contributed by atoms with van der Waals surface area (Å²) < 4.78 is 6.63. The first-order valence-corrected chi connectivity index (χ1v) is 5.38. The monoisotopic (exact) mass is 223 g/mol. The van der Waals surface area contributed by atoms with Crippen molar-refractivity contribution in [3.05, 3.63) is 24.0 Å². The number of carbonyl (C=O) groups is 1. The van der Waals surface area contributed by atoms with Crippen molar-refractivity contribution in [2.75, 3.05) is 6.61 Å². The van der Waals surface area contributed by atoms with E-state index in [9.17, 15) is 4.79 Å². The van der Waals surface area contributed by atoms with Gasteiger partial charge in [-0.1, -0.05) is 31.2 Å². The number of rotatable bonds is 6. The Kier molecular flexibility index (Phi) is 4.69. The SMILES string of the molecule is C=CCOC(=O)c1nnn(CCCC)c1C. The van der Waals surface area contributed by atoms with E-state index in [0.29, 0.717) is 0 Å². The van der Waals surface area contributed by atoms with Crippen molar-refractivity contribution in [1.82, 2.24) is 15.0 Å². The first-order chi connectivity index (χ1) is 7.70. The van der Waals surface area contributed by atoms with Crippen molar-refractivity contribution in [1.29, 1.82) is 0 Å². The van der Waals surface area contributed by atoms with Gasteiger partial charge < -0.3 is 4.74 Å². The summed E-state index contributed by atoms with van der Waals surface area (Å²) in [7, 11) is 0. The molecular formula is C11H17N3O2. The molecule has 0 fully saturated rings. The average molecular weight is 223 g/mol. The molecule has 0 N–H and O–H groups in total. The number of carbonyl (C=O) groups excluding carboxylic acids is 1. The number of hydrogen-bond donors (Lipinski definition) is 0. The Morgan fingerprint density at radius 3 is 3.00 bits per heavy atom. The maximum Gasteiger partial charge on any atom is 0.361 e. The van der Waals surface area contributed by atoms with Gasteiger partial charge in [0.15, 0.2) is 5.69 Å². The highest BCUT2D eigenvalue weighted by molar-refractivity contribution is 5.88. The fourth-order valence-electron chi connectivity index (χ4n) is 1.27. The average Bonchev–Trinajstić information content (AvgIpc) is 2.65. The minimum absolute atomic E-state index is 0.195. The minimum Gasteiger partial charge on any atom is -0.457 e. The van der Waals surface area contributed by atoms with Gasteiger partial charge in [0, 0.05) is 6.54 Å². The van der Waals surface area contributed by atoms with Crippen LogP contribution in [0.4, 0.5) is 0 Å². The Morgan fingerprint density at radius 1 is 1.62 bits per heavy atom. The zero-order valence-corrected chi connectivity index (χ0v) is 9.77. The fourth-order valence-corrected chi connectivity index (χ4v) is 1.27. The van der Waals surface area contributed by atoms with Crippen molar-refractivity contribution in [2.45, 2.75) is 33.2 Å². The molecule has 1 rings (SSSR count). The lowest BCUT2D eigenvalue weighted by atomic mass is 10.3. The topological polar surface area (TPSA) is 57.0 Å². The van der Waals surface area contributed by atoms with Crippen molar-refractivity contribution < 1.29 is 9.53 Å². The second-order valence-electron chi connectivity index (χ2n) is 3.49. The summed E-state index contributed by atoms with van der Waals surface area (Å²) in [5.74, 6) is -0.444. The van der Waals surface area contributed by atoms with Crippen LogP contribution in [0.5, 0.6) is 0 Å². The van der Waals surface area contributed by atoms with Gasteiger partial charge in [0.2, 0.25) is 0 Å². The molecule has 0 atom stereocenters. The molecule has 0 unspecified atom stereocenters. The summed E-state index contributed by atoms with van der Waals surface area (Å²) in [6, 6.07) is 0. The number of esters is 1. The molecule has 0 spiro atoms. The molecule has 0 radical (unpaired) electrons. The van der Waals surface area contributed by atoms with E-state index >= 15 is 0 Å². The van der Waals surface area contributed by atoms with Crippen LogP contribution in [0.3, 0.4) is 0 Å². The normalized spacial score (nSPS) is 10.1. The third-order valence-electron chi connectivity index (χ3n) is 2.23. The third kappa shape index (κ3) is 2.92. The molecule has 0 aliphatic rings. The van der Waals surface area contributed by atoms with Crippen LogP contribution in [0.15, 0.2) is 12.7 Å². The van der Waals surface area contributed by atoms with E-state index in [1.807, 2.05) is 6.92 Å². The number of ether oxygens (including phenoxy) is 1. The maximum atomic E-state index is 11.5. The van der Waals surface area contributed by atoms with Crippen molar-refractivity contribution >= 4 is 5.97 Å². The lowest BCUT2D eigenvalue weighted by Gasteiger charge is -2.02. The van der Waals surface area contributed by atoms with Gasteiger partial charge >= 0.3 is 5.97 Å². The quantitative estimate of drug-likeness (QED) is 0.544. The van der Waals surface area contributed by atoms with Crippen LogP contribution in [0, 0.1) is 6.92 Å². The van der Waals surface area contributed by atoms with Gasteiger partial charge in [-0.3, -0.25) is 0 Å². The second kappa shape index (κ2) is 6.05. The maximum absolute atomic E-state index is 11.5. The molecule has 5 heteroatoms. The second-order valence-corrected chi connectivity index (χ2v) is 3.49. The molecule has 1 heterocycles. The van der Waals surface area contributed by atoms with Gasteiger partial charge in [0.25, 0.3) is 0 Å². The fraction of sp³-hybridized carbons (Fsp3) is 0.545. The van der Waals surface area contributed by atoms with Crippen molar-refractivity contribution in [3.63, 3.8) is 0 Å². The molecule has 0 aromatic carbocycles. The van der Waals surface area contributed by atoms with Crippen LogP contribution in [-0.2, 0) is 11.3 Å². The summed E-state index contributed by atoms with van der Waals surface area (Å²) >= 11 is 0. The highest BCUT2D eigenvalue weighted by Crippen LogP contribution is 2.06. The number of aromatic nitrogens is 3. The molecule has 1 aromatic rings. The smallest absolute Gasteiger partial charge is 0.361 e. The van der Waals surface area contributed by atoms with Crippen molar-refractivity contribution in [3.8, 4) is 0 Å². The summed E-state index contributed by atoms with van der Waals surface area (Å²) in [4.78, 5) is 11.5. The van der Waals surface area contributed by atoms with E-state index in [2.05, 4.69) is 23.8 Å². The Bertz CT molecular complexity index is 371. The zero-order valence-electron chi connectivity index (χ0n) is 9.77. The van der Waals surface area contributed by atoms with Crippen LogP contribution in [0.25, 0.3) is 0 Å². The summed E-state index contributed by atoms with van der Waals surface area (Å²) in [5.41, 5.74) is 1.04. The van der Waals surface area contributed by atoms with Crippen LogP contribution in [0.2, 0.25) is 0 Å². The van der Waals surface area contributed by atoms with Crippen LogP contribution >= 0.6 is 0 Å². The third-order valence-corrected chi connectivity index (χ3v) is 2.23. The molecule has 0 aliphatic carbocycles. The van der Waals surface area contributed by atoms with E-state index in [0.717, 1.165) is 25.1 Å². The molecule has 0 saturated carbocycles. The van der Waals surface area contributed by atoms with E-state index in [-0.39, 0.29) is 12.3 Å². The van der Waals surface area contributed by atoms with Crippen LogP contribution in [-0.4, -0.2) is 27.6 Å². The molecule has 5 nitrogen and oxygen atoms in total. The molecular weight excluding hydrogens is 206 g/mol. The lowest BCUT2D eigenvalue weighted by molar-refractivity contribution is 0.0542. The lowest BCUT2D eigenvalue weighted by Crippen LogP contribution is -2.08. The zero-order chi connectivity index (χ0) is 12.0. The first-order valence-electron chi connectivity index (χ1n) is 5.38. The molecule has 0 amide bonds. The van der Waals surface area contributed by atoms with E-state index in [4.69, 9.17) is 4.74 Å². The highest BCUT2D eigenvalue weighted by Gasteiger charge is 2.16. The van der Waals surface area contributed by atoms with E-state index < -0.39 is 5.97 Å². The molecule has 0 aliphatic heterocycles. The molecule has 1 aromatic heterocycles. The highest BCUT2D eigenvalue weighted by atomic mass is 16.5. The number of nitrogens with zero attached hydrogens (tertiary/aromatic N) is 3. The van der Waals surface area contributed by atoms with Crippen LogP contribution < -0.4 is 0 Å². The Labute approximate surface area is 95.1 Å². The van der Waals surface area contributed by atoms with Gasteiger partial charge in [-0.25, -0.2) is 9.48 Å². The van der Waals surface area contributed by atoms with Crippen LogP contribution in [0.1, 0.15) is 35.9 Å². The summed E-state index contributed by atoms with van der Waals surface area (Å²) in [5, 5.41) is 7.75.